The molecule has 1 N–H and O–H groups in total. The quantitative estimate of drug-likeness (QED) is 0.343. The lowest BCUT2D eigenvalue weighted by molar-refractivity contribution is 0.0932. The maximum atomic E-state index is 13.3. The summed E-state index contributed by atoms with van der Waals surface area (Å²) in [6, 6.07) is 11.8. The van der Waals surface area contributed by atoms with Crippen molar-refractivity contribution in [2.24, 2.45) is 11.8 Å². The SMILES string of the molecule is CCC(=O)c1cc(C(=O)NC2[C@H]3CC(O[Si](C)(C)C(C)(C)C)C[C@@H]23)c([C@@H](C)c2ccccc2)o1. The second-order valence-corrected chi connectivity index (χ2v) is 16.4. The van der Waals surface area contributed by atoms with Crippen molar-refractivity contribution in [2.45, 2.75) is 90.1 Å². The van der Waals surface area contributed by atoms with Gasteiger partial charge in [0.05, 0.1) is 5.56 Å². The average Bonchev–Trinajstić information content (AvgIpc) is 3.14. The first kappa shape index (κ1) is 24.9. The molecule has 6 heteroatoms. The molecule has 1 heterocycles. The molecule has 2 aliphatic carbocycles. The number of hydrogen-bond acceptors (Lipinski definition) is 4. The molecular weight excluding hydrogens is 442 g/mol. The van der Waals surface area contributed by atoms with Crippen LogP contribution in [0.5, 0.6) is 0 Å². The minimum atomic E-state index is -1.78. The fourth-order valence-corrected chi connectivity index (χ4v) is 6.41. The van der Waals surface area contributed by atoms with E-state index in [-0.39, 0.29) is 34.4 Å². The lowest BCUT2D eigenvalue weighted by Gasteiger charge is -2.39. The van der Waals surface area contributed by atoms with Crippen LogP contribution in [-0.4, -0.2) is 32.2 Å². The molecule has 184 valence electrons. The van der Waals surface area contributed by atoms with E-state index < -0.39 is 8.32 Å². The van der Waals surface area contributed by atoms with Crippen LogP contribution >= 0.6 is 0 Å². The largest absolute Gasteiger partial charge is 0.456 e. The molecule has 5 atom stereocenters. The lowest BCUT2D eigenvalue weighted by Crippen LogP contribution is -2.44. The predicted octanol–water partition coefficient (Wildman–Crippen LogP) is 6.55. The summed E-state index contributed by atoms with van der Waals surface area (Å²) >= 11 is 0. The summed E-state index contributed by atoms with van der Waals surface area (Å²) in [7, 11) is -1.78. The van der Waals surface area contributed by atoms with Crippen LogP contribution in [0.3, 0.4) is 0 Å². The molecule has 4 rings (SSSR count). The van der Waals surface area contributed by atoms with Crippen molar-refractivity contribution >= 4 is 20.0 Å². The maximum Gasteiger partial charge on any atom is 0.255 e. The van der Waals surface area contributed by atoms with E-state index in [2.05, 4.69) is 39.2 Å². The number of furan rings is 1. The van der Waals surface area contributed by atoms with Crippen molar-refractivity contribution in [2.75, 3.05) is 0 Å². The zero-order valence-electron chi connectivity index (χ0n) is 21.6. The van der Waals surface area contributed by atoms with Gasteiger partial charge in [0.25, 0.3) is 5.91 Å². The number of rotatable bonds is 8. The number of carbonyl (C=O) groups excluding carboxylic acids is 2. The van der Waals surface area contributed by atoms with Gasteiger partial charge in [0.15, 0.2) is 19.9 Å². The van der Waals surface area contributed by atoms with E-state index in [1.165, 1.54) is 0 Å². The molecule has 1 aromatic carbocycles. The van der Waals surface area contributed by atoms with Crippen molar-refractivity contribution in [3.63, 3.8) is 0 Å². The summed E-state index contributed by atoms with van der Waals surface area (Å²) in [5, 5.41) is 3.45. The Morgan fingerprint density at radius 3 is 2.32 bits per heavy atom. The predicted molar refractivity (Wildman–Crippen MR) is 137 cm³/mol. The molecule has 0 spiro atoms. The Morgan fingerprint density at radius 1 is 1.15 bits per heavy atom. The van der Waals surface area contributed by atoms with Crippen LogP contribution in [0.2, 0.25) is 18.1 Å². The third kappa shape index (κ3) is 4.80. The van der Waals surface area contributed by atoms with Crippen molar-refractivity contribution in [1.29, 1.82) is 0 Å². The van der Waals surface area contributed by atoms with Gasteiger partial charge in [-0.2, -0.15) is 0 Å². The number of amides is 1. The van der Waals surface area contributed by atoms with Gasteiger partial charge in [-0.15, -0.1) is 0 Å². The summed E-state index contributed by atoms with van der Waals surface area (Å²) in [5.74, 6) is 1.44. The highest BCUT2D eigenvalue weighted by molar-refractivity contribution is 6.74. The molecule has 34 heavy (non-hydrogen) atoms. The van der Waals surface area contributed by atoms with Crippen LogP contribution in [0, 0.1) is 11.8 Å². The molecule has 2 saturated carbocycles. The van der Waals surface area contributed by atoms with E-state index in [4.69, 9.17) is 8.84 Å². The number of nitrogens with one attached hydrogen (secondary N) is 1. The topological polar surface area (TPSA) is 68.5 Å². The molecule has 0 aliphatic heterocycles. The van der Waals surface area contributed by atoms with E-state index in [0.717, 1.165) is 18.4 Å². The zero-order chi connectivity index (χ0) is 24.8. The fourth-order valence-electron chi connectivity index (χ4n) is 5.03. The van der Waals surface area contributed by atoms with Gasteiger partial charge in [0.1, 0.15) is 5.76 Å². The van der Waals surface area contributed by atoms with Crippen molar-refractivity contribution in [3.05, 3.63) is 59.0 Å². The zero-order valence-corrected chi connectivity index (χ0v) is 22.6. The van der Waals surface area contributed by atoms with E-state index >= 15 is 0 Å². The normalized spacial score (nSPS) is 25.0. The van der Waals surface area contributed by atoms with Gasteiger partial charge in [-0.3, -0.25) is 9.59 Å². The average molecular weight is 482 g/mol. The Labute approximate surface area is 204 Å². The molecular formula is C28H39NO4Si. The van der Waals surface area contributed by atoms with Crippen LogP contribution in [0.15, 0.2) is 40.8 Å². The van der Waals surface area contributed by atoms with E-state index in [1.54, 1.807) is 13.0 Å². The fraction of sp³-hybridized carbons (Fsp3) is 0.571. The third-order valence-electron chi connectivity index (χ3n) is 8.26. The Morgan fingerprint density at radius 2 is 1.76 bits per heavy atom. The van der Waals surface area contributed by atoms with Crippen molar-refractivity contribution in [1.82, 2.24) is 5.32 Å². The van der Waals surface area contributed by atoms with E-state index in [0.29, 0.717) is 35.7 Å². The standard InChI is InChI=1S/C28H39NO4Si/c1-8-23(30)24-16-22(26(32-24)17(2)18-12-10-9-11-13-18)27(31)29-25-20-14-19(15-21(20)25)33-34(6,7)28(3,4)5/h9-13,16-17,19-21,25H,8,14-15H2,1-7H3,(H,29,31)/t17-,19?,20-,21+,25?/m0/s1. The first-order valence-electron chi connectivity index (χ1n) is 12.6. The molecule has 2 fully saturated rings. The Balaban J connectivity index is 1.44. The molecule has 2 unspecified atom stereocenters. The Bertz CT molecular complexity index is 1040. The van der Waals surface area contributed by atoms with E-state index in [1.807, 2.05) is 37.3 Å². The summed E-state index contributed by atoms with van der Waals surface area (Å²) in [6.07, 6.45) is 2.68. The van der Waals surface area contributed by atoms with Crippen LogP contribution < -0.4 is 5.32 Å². The second kappa shape index (κ2) is 9.12. The number of fused-ring (bicyclic) bond motifs is 1. The molecule has 2 aliphatic rings. The summed E-state index contributed by atoms with van der Waals surface area (Å²) < 4.78 is 12.6. The van der Waals surface area contributed by atoms with Crippen molar-refractivity contribution in [3.8, 4) is 0 Å². The first-order valence-corrected chi connectivity index (χ1v) is 15.5. The molecule has 1 aromatic heterocycles. The third-order valence-corrected chi connectivity index (χ3v) is 12.8. The highest BCUT2D eigenvalue weighted by Crippen LogP contribution is 2.54. The highest BCUT2D eigenvalue weighted by atomic mass is 28.4. The van der Waals surface area contributed by atoms with Crippen LogP contribution in [0.4, 0.5) is 0 Å². The van der Waals surface area contributed by atoms with Gasteiger partial charge in [-0.1, -0.05) is 65.0 Å². The van der Waals surface area contributed by atoms with Gasteiger partial charge in [0.2, 0.25) is 0 Å². The number of ketones is 1. The van der Waals surface area contributed by atoms with Gasteiger partial charge in [-0.05, 0) is 48.4 Å². The van der Waals surface area contributed by atoms with E-state index in [9.17, 15) is 9.59 Å². The molecule has 2 aromatic rings. The molecule has 5 nitrogen and oxygen atoms in total. The number of benzene rings is 1. The molecule has 0 saturated heterocycles. The first-order chi connectivity index (χ1) is 15.9. The Kier molecular flexibility index (Phi) is 6.68. The summed E-state index contributed by atoms with van der Waals surface area (Å²) in [5.41, 5.74) is 1.53. The van der Waals surface area contributed by atoms with Gasteiger partial charge < -0.3 is 14.2 Å². The Hall–Kier alpha value is -2.18. The molecule has 0 bridgehead atoms. The lowest BCUT2D eigenvalue weighted by atomic mass is 9.96. The van der Waals surface area contributed by atoms with Crippen molar-refractivity contribution < 1.29 is 18.4 Å². The van der Waals surface area contributed by atoms with Crippen LogP contribution in [0.25, 0.3) is 0 Å². The molecule has 1 amide bonds. The monoisotopic (exact) mass is 481 g/mol. The summed E-state index contributed by atoms with van der Waals surface area (Å²) in [4.78, 5) is 25.7. The molecule has 0 radical (unpaired) electrons. The summed E-state index contributed by atoms with van der Waals surface area (Å²) in [6.45, 7) is 15.2. The minimum Gasteiger partial charge on any atom is -0.456 e. The second-order valence-electron chi connectivity index (χ2n) is 11.6. The minimum absolute atomic E-state index is 0.0885. The maximum absolute atomic E-state index is 13.3. The number of carbonyl (C=O) groups is 2. The van der Waals surface area contributed by atoms with Gasteiger partial charge >= 0.3 is 0 Å². The van der Waals surface area contributed by atoms with Crippen LogP contribution in [-0.2, 0) is 4.43 Å². The van der Waals surface area contributed by atoms with Gasteiger partial charge in [-0.25, -0.2) is 0 Å². The number of hydrogen-bond donors (Lipinski definition) is 1. The smallest absolute Gasteiger partial charge is 0.255 e. The highest BCUT2D eigenvalue weighted by Gasteiger charge is 2.58. The number of Topliss-reactive ketones (excluding diaryl/α,β-unsaturated/α-hetero) is 1. The van der Waals surface area contributed by atoms with Crippen LogP contribution in [0.1, 0.15) is 92.0 Å². The van der Waals surface area contributed by atoms with Gasteiger partial charge in [0, 0.05) is 30.6 Å².